The highest BCUT2D eigenvalue weighted by Crippen LogP contribution is 2.59. The Morgan fingerprint density at radius 2 is 2.33 bits per heavy atom. The fraction of sp³-hybridized carbons (Fsp3) is 0.500. The molecule has 0 saturated carbocycles. The molecular weight excluding hydrogens is 232 g/mol. The summed E-state index contributed by atoms with van der Waals surface area (Å²) in [6.45, 7) is 2.18. The third-order valence-electron chi connectivity index (χ3n) is 4.03. The standard InChI is InChI=1S/C14H14O4/c1-2-16-13(15)14-10(18-14)7-8-5-3-4-6-9(8)11-12(14)17-11/h3-6,10-12H,2,7H2,1H3/t10-,11+,12+,14-/m0/s1. The van der Waals surface area contributed by atoms with Crippen molar-refractivity contribution in [1.29, 1.82) is 0 Å². The average molecular weight is 246 g/mol. The molecule has 0 N–H and O–H groups in total. The number of carbonyl (C=O) groups excluding carboxylic acids is 1. The number of carbonyl (C=O) groups is 1. The Morgan fingerprint density at radius 1 is 1.50 bits per heavy atom. The van der Waals surface area contributed by atoms with Crippen molar-refractivity contribution in [1.82, 2.24) is 0 Å². The van der Waals surface area contributed by atoms with Gasteiger partial charge in [-0.05, 0) is 18.1 Å². The van der Waals surface area contributed by atoms with E-state index in [0.717, 1.165) is 6.42 Å². The van der Waals surface area contributed by atoms with Crippen LogP contribution in [-0.4, -0.2) is 30.4 Å². The first-order chi connectivity index (χ1) is 8.77. The van der Waals surface area contributed by atoms with E-state index in [9.17, 15) is 4.79 Å². The van der Waals surface area contributed by atoms with Crippen molar-refractivity contribution < 1.29 is 19.0 Å². The molecule has 2 fully saturated rings. The highest BCUT2D eigenvalue weighted by Gasteiger charge is 2.77. The minimum atomic E-state index is -0.834. The molecule has 0 spiro atoms. The Labute approximate surface area is 105 Å². The van der Waals surface area contributed by atoms with Gasteiger partial charge in [0.2, 0.25) is 5.60 Å². The van der Waals surface area contributed by atoms with E-state index in [1.54, 1.807) is 0 Å². The smallest absolute Gasteiger partial charge is 0.344 e. The molecule has 4 heteroatoms. The molecule has 0 aromatic heterocycles. The second-order valence-electron chi connectivity index (χ2n) is 5.00. The van der Waals surface area contributed by atoms with Crippen molar-refractivity contribution in [3.8, 4) is 0 Å². The number of rotatable bonds is 2. The number of benzene rings is 1. The quantitative estimate of drug-likeness (QED) is 0.584. The van der Waals surface area contributed by atoms with Gasteiger partial charge in [0.15, 0.2) is 0 Å². The van der Waals surface area contributed by atoms with Gasteiger partial charge in [-0.15, -0.1) is 0 Å². The van der Waals surface area contributed by atoms with Crippen LogP contribution in [0.4, 0.5) is 0 Å². The summed E-state index contributed by atoms with van der Waals surface area (Å²) in [6, 6.07) is 8.17. The fourth-order valence-corrected chi connectivity index (χ4v) is 3.06. The number of esters is 1. The first-order valence-electron chi connectivity index (χ1n) is 6.35. The third kappa shape index (κ3) is 1.19. The highest BCUT2D eigenvalue weighted by molar-refractivity contribution is 5.85. The minimum Gasteiger partial charge on any atom is -0.464 e. The largest absolute Gasteiger partial charge is 0.464 e. The zero-order chi connectivity index (χ0) is 12.3. The van der Waals surface area contributed by atoms with Crippen LogP contribution in [-0.2, 0) is 25.4 Å². The van der Waals surface area contributed by atoms with Crippen LogP contribution in [0.1, 0.15) is 24.2 Å². The average Bonchev–Trinajstić information content (AvgIpc) is 3.21. The molecule has 1 aromatic carbocycles. The summed E-state index contributed by atoms with van der Waals surface area (Å²) in [5.41, 5.74) is 1.58. The molecule has 94 valence electrons. The summed E-state index contributed by atoms with van der Waals surface area (Å²) in [5, 5.41) is 0. The number of hydrogen-bond acceptors (Lipinski definition) is 4. The van der Waals surface area contributed by atoms with Gasteiger partial charge >= 0.3 is 5.97 Å². The lowest BCUT2D eigenvalue weighted by molar-refractivity contribution is -0.150. The van der Waals surface area contributed by atoms with Crippen LogP contribution in [0.15, 0.2) is 24.3 Å². The predicted molar refractivity (Wildman–Crippen MR) is 62.0 cm³/mol. The van der Waals surface area contributed by atoms with Gasteiger partial charge in [-0.25, -0.2) is 4.79 Å². The molecular formula is C14H14O4. The number of hydrogen-bond donors (Lipinski definition) is 0. The lowest BCUT2D eigenvalue weighted by atomic mass is 9.99. The van der Waals surface area contributed by atoms with E-state index < -0.39 is 5.60 Å². The molecule has 2 aliphatic heterocycles. The maximum Gasteiger partial charge on any atom is 0.344 e. The highest BCUT2D eigenvalue weighted by atomic mass is 16.7. The van der Waals surface area contributed by atoms with Gasteiger partial charge in [-0.1, -0.05) is 24.3 Å². The van der Waals surface area contributed by atoms with Crippen molar-refractivity contribution >= 4 is 5.97 Å². The topological polar surface area (TPSA) is 51.4 Å². The summed E-state index contributed by atoms with van der Waals surface area (Å²) in [5.74, 6) is -0.268. The van der Waals surface area contributed by atoms with Crippen molar-refractivity contribution in [2.45, 2.75) is 37.3 Å². The first kappa shape index (κ1) is 10.5. The second kappa shape index (κ2) is 3.33. The maximum absolute atomic E-state index is 12.1. The summed E-state index contributed by atoms with van der Waals surface area (Å²) >= 11 is 0. The van der Waals surface area contributed by atoms with Crippen LogP contribution >= 0.6 is 0 Å². The molecule has 2 saturated heterocycles. The summed E-state index contributed by atoms with van der Waals surface area (Å²) < 4.78 is 16.5. The molecule has 0 radical (unpaired) electrons. The molecule has 0 amide bonds. The van der Waals surface area contributed by atoms with Gasteiger partial charge in [-0.2, -0.15) is 0 Å². The van der Waals surface area contributed by atoms with Crippen LogP contribution in [0.3, 0.4) is 0 Å². The number of epoxide rings is 2. The number of ether oxygens (including phenoxy) is 3. The molecule has 1 aliphatic carbocycles. The SMILES string of the molecule is CCOC(=O)[C@]12O[C@H]1Cc1ccccc1[C@H]1O[C@H]12. The molecule has 0 bridgehead atoms. The van der Waals surface area contributed by atoms with Crippen LogP contribution in [0.25, 0.3) is 0 Å². The van der Waals surface area contributed by atoms with Gasteiger partial charge in [0.1, 0.15) is 18.3 Å². The van der Waals surface area contributed by atoms with Crippen LogP contribution in [0, 0.1) is 0 Å². The van der Waals surface area contributed by atoms with Gasteiger partial charge in [-0.3, -0.25) is 0 Å². The Bertz CT molecular complexity index is 526. The fourth-order valence-electron chi connectivity index (χ4n) is 3.06. The Hall–Kier alpha value is -1.39. The van der Waals surface area contributed by atoms with Crippen LogP contribution < -0.4 is 0 Å². The zero-order valence-electron chi connectivity index (χ0n) is 10.1. The molecule has 4 atom stereocenters. The summed E-state index contributed by atoms with van der Waals surface area (Å²) in [7, 11) is 0. The first-order valence-corrected chi connectivity index (χ1v) is 6.35. The summed E-state index contributed by atoms with van der Waals surface area (Å²) in [4.78, 5) is 12.1. The van der Waals surface area contributed by atoms with Crippen LogP contribution in [0.2, 0.25) is 0 Å². The molecule has 4 nitrogen and oxygen atoms in total. The van der Waals surface area contributed by atoms with E-state index in [4.69, 9.17) is 14.2 Å². The van der Waals surface area contributed by atoms with Gasteiger partial charge < -0.3 is 14.2 Å². The normalized spacial score (nSPS) is 38.8. The number of fused-ring (bicyclic) bond motifs is 5. The molecule has 4 rings (SSSR count). The molecule has 3 aliphatic rings. The van der Waals surface area contributed by atoms with Crippen molar-refractivity contribution in [3.63, 3.8) is 0 Å². The zero-order valence-corrected chi connectivity index (χ0v) is 10.1. The van der Waals surface area contributed by atoms with Crippen molar-refractivity contribution in [3.05, 3.63) is 35.4 Å². The monoisotopic (exact) mass is 246 g/mol. The minimum absolute atomic E-state index is 0.00175. The van der Waals surface area contributed by atoms with Crippen molar-refractivity contribution in [2.75, 3.05) is 6.61 Å². The molecule has 18 heavy (non-hydrogen) atoms. The summed E-state index contributed by atoms with van der Waals surface area (Å²) in [6.07, 6.45) is 0.518. The van der Waals surface area contributed by atoms with Crippen molar-refractivity contribution in [2.24, 2.45) is 0 Å². The van der Waals surface area contributed by atoms with Gasteiger partial charge in [0.05, 0.1) is 6.61 Å². The van der Waals surface area contributed by atoms with E-state index in [0.29, 0.717) is 6.61 Å². The lowest BCUT2D eigenvalue weighted by Crippen LogP contribution is -2.35. The molecule has 1 aromatic rings. The Balaban J connectivity index is 1.70. The third-order valence-corrected chi connectivity index (χ3v) is 4.03. The van der Waals surface area contributed by atoms with E-state index in [1.807, 2.05) is 19.1 Å². The van der Waals surface area contributed by atoms with Gasteiger partial charge in [0, 0.05) is 6.42 Å². The molecule has 2 heterocycles. The Kier molecular flexibility index (Phi) is 1.95. The predicted octanol–water partition coefficient (Wildman–Crippen LogP) is 1.38. The van der Waals surface area contributed by atoms with E-state index in [2.05, 4.69) is 12.1 Å². The van der Waals surface area contributed by atoms with E-state index in [1.165, 1.54) is 11.1 Å². The van der Waals surface area contributed by atoms with E-state index in [-0.39, 0.29) is 24.3 Å². The van der Waals surface area contributed by atoms with E-state index >= 15 is 0 Å². The molecule has 0 unspecified atom stereocenters. The van der Waals surface area contributed by atoms with Crippen LogP contribution in [0.5, 0.6) is 0 Å². The maximum atomic E-state index is 12.1. The lowest BCUT2D eigenvalue weighted by Gasteiger charge is -2.07. The van der Waals surface area contributed by atoms with Gasteiger partial charge in [0.25, 0.3) is 0 Å². The Morgan fingerprint density at radius 3 is 3.17 bits per heavy atom. The second-order valence-corrected chi connectivity index (χ2v) is 5.00.